The van der Waals surface area contributed by atoms with Gasteiger partial charge in [0.25, 0.3) is 0 Å². The Bertz CT molecular complexity index is 525. The summed E-state index contributed by atoms with van der Waals surface area (Å²) in [5, 5.41) is 11.0. The number of benzene rings is 2. The van der Waals surface area contributed by atoms with Gasteiger partial charge in [0.2, 0.25) is 0 Å². The first-order chi connectivity index (χ1) is 9.08. The summed E-state index contributed by atoms with van der Waals surface area (Å²) in [4.78, 5) is 0. The van der Waals surface area contributed by atoms with Crippen molar-refractivity contribution in [3.63, 3.8) is 0 Å². The monoisotopic (exact) mass is 274 g/mol. The summed E-state index contributed by atoms with van der Waals surface area (Å²) in [5.74, 6) is 0. The summed E-state index contributed by atoms with van der Waals surface area (Å²) in [6.07, 6.45) is 1.14. The highest BCUT2D eigenvalue weighted by Gasteiger charge is 2.10. The second kappa shape index (κ2) is 6.23. The van der Waals surface area contributed by atoms with Gasteiger partial charge in [-0.15, -0.1) is 0 Å². The molecule has 2 heteroatoms. The first kappa shape index (κ1) is 14.1. The average Bonchev–Trinajstić information content (AvgIpc) is 2.38. The number of halogens is 1. The van der Waals surface area contributed by atoms with Crippen LogP contribution in [0.4, 0.5) is 0 Å². The molecule has 0 aromatic heterocycles. The zero-order valence-electron chi connectivity index (χ0n) is 11.4. The van der Waals surface area contributed by atoms with Crippen LogP contribution in [-0.4, -0.2) is 5.11 Å². The predicted octanol–water partition coefficient (Wildman–Crippen LogP) is 4.49. The normalized spacial score (nSPS) is 12.4. The summed E-state index contributed by atoms with van der Waals surface area (Å²) >= 11 is 6.03. The number of aryl methyl sites for hydroxylation is 2. The third-order valence-electron chi connectivity index (χ3n) is 3.31. The van der Waals surface area contributed by atoms with Gasteiger partial charge in [-0.3, -0.25) is 0 Å². The summed E-state index contributed by atoms with van der Waals surface area (Å²) < 4.78 is 0. The van der Waals surface area contributed by atoms with Crippen LogP contribution in [0.15, 0.2) is 42.5 Å². The smallest absolute Gasteiger partial charge is 0.0830 e. The van der Waals surface area contributed by atoms with Crippen molar-refractivity contribution in [1.29, 1.82) is 0 Å². The zero-order valence-corrected chi connectivity index (χ0v) is 12.1. The maximum Gasteiger partial charge on any atom is 0.0830 e. The molecule has 0 radical (unpaired) electrons. The van der Waals surface area contributed by atoms with Gasteiger partial charge in [-0.1, -0.05) is 48.9 Å². The van der Waals surface area contributed by atoms with E-state index in [1.165, 1.54) is 5.56 Å². The van der Waals surface area contributed by atoms with Gasteiger partial charge in [-0.2, -0.15) is 0 Å². The van der Waals surface area contributed by atoms with Crippen molar-refractivity contribution in [2.45, 2.75) is 32.8 Å². The average molecular weight is 275 g/mol. The van der Waals surface area contributed by atoms with Crippen LogP contribution in [0.25, 0.3) is 0 Å². The van der Waals surface area contributed by atoms with E-state index in [2.05, 4.69) is 31.2 Å². The lowest BCUT2D eigenvalue weighted by Gasteiger charge is -2.13. The van der Waals surface area contributed by atoms with Crippen LogP contribution < -0.4 is 0 Å². The van der Waals surface area contributed by atoms with Crippen molar-refractivity contribution in [2.75, 3.05) is 0 Å². The van der Waals surface area contributed by atoms with Gasteiger partial charge in [0.1, 0.15) is 0 Å². The minimum Gasteiger partial charge on any atom is -0.388 e. The molecule has 0 saturated carbocycles. The fourth-order valence-corrected chi connectivity index (χ4v) is 2.51. The Kier molecular flexibility index (Phi) is 4.62. The highest BCUT2D eigenvalue weighted by atomic mass is 35.5. The Labute approximate surface area is 119 Å². The van der Waals surface area contributed by atoms with Crippen LogP contribution in [0.5, 0.6) is 0 Å². The van der Waals surface area contributed by atoms with Crippen molar-refractivity contribution >= 4 is 11.6 Å². The van der Waals surface area contributed by atoms with Crippen molar-refractivity contribution in [2.24, 2.45) is 0 Å². The van der Waals surface area contributed by atoms with Crippen molar-refractivity contribution in [3.05, 3.63) is 69.7 Å². The fraction of sp³-hybridized carbons (Fsp3) is 0.294. The SMILES string of the molecule is CCc1ccc(CC(O)c2cc(C)cc(Cl)c2)cc1. The molecule has 1 nitrogen and oxygen atoms in total. The molecule has 0 fully saturated rings. The van der Waals surface area contributed by atoms with E-state index in [4.69, 9.17) is 11.6 Å². The molecule has 0 heterocycles. The molecule has 0 aliphatic rings. The van der Waals surface area contributed by atoms with Crippen LogP contribution in [-0.2, 0) is 12.8 Å². The minimum atomic E-state index is -0.509. The molecule has 1 atom stereocenters. The quantitative estimate of drug-likeness (QED) is 0.871. The predicted molar refractivity (Wildman–Crippen MR) is 80.7 cm³/mol. The molecular weight excluding hydrogens is 256 g/mol. The first-order valence-electron chi connectivity index (χ1n) is 6.61. The lowest BCUT2D eigenvalue weighted by Crippen LogP contribution is -2.02. The molecule has 0 spiro atoms. The lowest BCUT2D eigenvalue weighted by molar-refractivity contribution is 0.178. The van der Waals surface area contributed by atoms with Crippen LogP contribution >= 0.6 is 11.6 Å². The van der Waals surface area contributed by atoms with Crippen LogP contribution in [0.1, 0.15) is 35.3 Å². The van der Waals surface area contributed by atoms with E-state index in [1.54, 1.807) is 0 Å². The Balaban J connectivity index is 2.13. The van der Waals surface area contributed by atoms with E-state index in [-0.39, 0.29) is 0 Å². The van der Waals surface area contributed by atoms with E-state index in [1.807, 2.05) is 25.1 Å². The summed E-state index contributed by atoms with van der Waals surface area (Å²) in [6.45, 7) is 4.12. The molecule has 0 aliphatic carbocycles. The summed E-state index contributed by atoms with van der Waals surface area (Å²) in [6, 6.07) is 14.1. The third-order valence-corrected chi connectivity index (χ3v) is 3.53. The standard InChI is InChI=1S/C17H19ClO/c1-3-13-4-6-14(7-5-13)10-17(19)15-8-12(2)9-16(18)11-15/h4-9,11,17,19H,3,10H2,1-2H3. The zero-order chi connectivity index (χ0) is 13.8. The minimum absolute atomic E-state index is 0.509. The van der Waals surface area contributed by atoms with Gasteiger partial charge in [-0.05, 0) is 47.7 Å². The fourth-order valence-electron chi connectivity index (χ4n) is 2.21. The highest BCUT2D eigenvalue weighted by Crippen LogP contribution is 2.23. The Hall–Kier alpha value is -1.31. The second-order valence-electron chi connectivity index (χ2n) is 4.95. The maximum absolute atomic E-state index is 10.3. The van der Waals surface area contributed by atoms with E-state index < -0.39 is 6.10 Å². The van der Waals surface area contributed by atoms with Crippen LogP contribution in [0.3, 0.4) is 0 Å². The van der Waals surface area contributed by atoms with E-state index in [0.717, 1.165) is 23.1 Å². The van der Waals surface area contributed by atoms with Gasteiger partial charge in [-0.25, -0.2) is 0 Å². The van der Waals surface area contributed by atoms with Gasteiger partial charge in [0.05, 0.1) is 6.10 Å². The number of aliphatic hydroxyl groups is 1. The molecule has 2 aromatic carbocycles. The van der Waals surface area contributed by atoms with E-state index in [9.17, 15) is 5.11 Å². The number of rotatable bonds is 4. The maximum atomic E-state index is 10.3. The molecule has 100 valence electrons. The summed E-state index contributed by atoms with van der Waals surface area (Å²) in [5.41, 5.74) is 4.41. The highest BCUT2D eigenvalue weighted by molar-refractivity contribution is 6.30. The molecule has 1 unspecified atom stereocenters. The summed E-state index contributed by atoms with van der Waals surface area (Å²) in [7, 11) is 0. The molecule has 19 heavy (non-hydrogen) atoms. The number of hydrogen-bond donors (Lipinski definition) is 1. The van der Waals surface area contributed by atoms with Gasteiger partial charge >= 0.3 is 0 Å². The van der Waals surface area contributed by atoms with Gasteiger partial charge in [0, 0.05) is 11.4 Å². The van der Waals surface area contributed by atoms with Crippen molar-refractivity contribution < 1.29 is 5.11 Å². The molecule has 0 aliphatic heterocycles. The Morgan fingerprint density at radius 2 is 1.68 bits per heavy atom. The van der Waals surface area contributed by atoms with Crippen molar-refractivity contribution in [3.8, 4) is 0 Å². The van der Waals surface area contributed by atoms with Crippen LogP contribution in [0.2, 0.25) is 5.02 Å². The third kappa shape index (κ3) is 3.82. The molecule has 1 N–H and O–H groups in total. The molecule has 2 rings (SSSR count). The lowest BCUT2D eigenvalue weighted by atomic mass is 9.99. The molecular formula is C17H19ClO. The van der Waals surface area contributed by atoms with E-state index >= 15 is 0 Å². The largest absolute Gasteiger partial charge is 0.388 e. The number of hydrogen-bond acceptors (Lipinski definition) is 1. The number of aliphatic hydroxyl groups excluding tert-OH is 1. The first-order valence-corrected chi connectivity index (χ1v) is 6.99. The topological polar surface area (TPSA) is 20.2 Å². The van der Waals surface area contributed by atoms with Crippen LogP contribution in [0, 0.1) is 6.92 Å². The van der Waals surface area contributed by atoms with Gasteiger partial charge < -0.3 is 5.11 Å². The Morgan fingerprint density at radius 1 is 1.05 bits per heavy atom. The van der Waals surface area contributed by atoms with Crippen molar-refractivity contribution in [1.82, 2.24) is 0 Å². The molecule has 0 saturated heterocycles. The Morgan fingerprint density at radius 3 is 2.26 bits per heavy atom. The molecule has 2 aromatic rings. The van der Waals surface area contributed by atoms with E-state index in [0.29, 0.717) is 11.4 Å². The second-order valence-corrected chi connectivity index (χ2v) is 5.39. The molecule has 0 amide bonds. The van der Waals surface area contributed by atoms with Gasteiger partial charge in [0.15, 0.2) is 0 Å². The molecule has 0 bridgehead atoms.